The third-order valence-electron chi connectivity index (χ3n) is 4.49. The van der Waals surface area contributed by atoms with Gasteiger partial charge in [-0.25, -0.2) is 4.98 Å². The van der Waals surface area contributed by atoms with E-state index in [9.17, 15) is 0 Å². The highest BCUT2D eigenvalue weighted by Crippen LogP contribution is 2.30. The van der Waals surface area contributed by atoms with E-state index in [0.29, 0.717) is 6.04 Å². The highest BCUT2D eigenvalue weighted by molar-refractivity contribution is 7.71. The van der Waals surface area contributed by atoms with Gasteiger partial charge in [0, 0.05) is 22.9 Å². The van der Waals surface area contributed by atoms with Gasteiger partial charge in [-0.05, 0) is 39.0 Å². The van der Waals surface area contributed by atoms with Gasteiger partial charge in [-0.2, -0.15) is 0 Å². The zero-order chi connectivity index (χ0) is 14.8. The first-order valence-electron chi connectivity index (χ1n) is 7.92. The molecule has 1 atom stereocenters. The lowest BCUT2D eigenvalue weighted by atomic mass is 9.95. The summed E-state index contributed by atoms with van der Waals surface area (Å²) in [5, 5.41) is 0. The fraction of sp³-hybridized carbons (Fsp3) is 0.444. The fourth-order valence-electron chi connectivity index (χ4n) is 3.18. The Hall–Kier alpha value is -1.48. The van der Waals surface area contributed by atoms with Gasteiger partial charge in [0.05, 0.1) is 0 Å². The van der Waals surface area contributed by atoms with Gasteiger partial charge in [0.15, 0.2) is 0 Å². The second-order valence-corrected chi connectivity index (χ2v) is 6.25. The van der Waals surface area contributed by atoms with E-state index in [1.165, 1.54) is 24.1 Å². The molecule has 2 aromatic rings. The Morgan fingerprint density at radius 2 is 1.90 bits per heavy atom. The molecule has 0 unspecified atom stereocenters. The molecule has 21 heavy (non-hydrogen) atoms. The molecule has 110 valence electrons. The van der Waals surface area contributed by atoms with E-state index in [2.05, 4.69) is 42.7 Å². The van der Waals surface area contributed by atoms with Crippen LogP contribution in [0, 0.1) is 4.64 Å². The van der Waals surface area contributed by atoms with Crippen molar-refractivity contribution in [2.24, 2.45) is 0 Å². The van der Waals surface area contributed by atoms with Gasteiger partial charge >= 0.3 is 0 Å². The van der Waals surface area contributed by atoms with Crippen molar-refractivity contribution < 1.29 is 0 Å². The summed E-state index contributed by atoms with van der Waals surface area (Å²) < 4.78 is 3.25. The summed E-state index contributed by atoms with van der Waals surface area (Å²) in [6.45, 7) is 4.52. The maximum Gasteiger partial charge on any atom is 0.142 e. The van der Waals surface area contributed by atoms with Crippen LogP contribution in [0.25, 0.3) is 11.4 Å². The SMILES string of the molecule is CC[C@@H](C)n1c(-c2ccccc2)nc(=S)c2c1CCCC2. The summed E-state index contributed by atoms with van der Waals surface area (Å²) in [5.74, 6) is 1.04. The van der Waals surface area contributed by atoms with E-state index in [1.807, 2.05) is 6.07 Å². The third kappa shape index (κ3) is 2.67. The number of benzene rings is 1. The quantitative estimate of drug-likeness (QED) is 0.731. The van der Waals surface area contributed by atoms with Crippen molar-refractivity contribution in [3.05, 3.63) is 46.2 Å². The smallest absolute Gasteiger partial charge is 0.142 e. The highest BCUT2D eigenvalue weighted by Gasteiger charge is 2.21. The van der Waals surface area contributed by atoms with Crippen LogP contribution in [0.3, 0.4) is 0 Å². The van der Waals surface area contributed by atoms with Crippen molar-refractivity contribution in [3.8, 4) is 11.4 Å². The topological polar surface area (TPSA) is 17.8 Å². The Kier molecular flexibility index (Phi) is 4.20. The average Bonchev–Trinajstić information content (AvgIpc) is 2.55. The second-order valence-electron chi connectivity index (χ2n) is 5.87. The van der Waals surface area contributed by atoms with E-state index in [-0.39, 0.29) is 0 Å². The van der Waals surface area contributed by atoms with Crippen LogP contribution >= 0.6 is 12.2 Å². The van der Waals surface area contributed by atoms with Crippen LogP contribution in [0.15, 0.2) is 30.3 Å². The Morgan fingerprint density at radius 3 is 2.62 bits per heavy atom. The first kappa shape index (κ1) is 14.5. The van der Waals surface area contributed by atoms with Crippen LogP contribution in [0.1, 0.15) is 50.4 Å². The summed E-state index contributed by atoms with van der Waals surface area (Å²) in [6, 6.07) is 10.9. The van der Waals surface area contributed by atoms with Gasteiger partial charge in [-0.15, -0.1) is 0 Å². The molecule has 1 aromatic heterocycles. The zero-order valence-electron chi connectivity index (χ0n) is 12.8. The summed E-state index contributed by atoms with van der Waals surface area (Å²) in [4.78, 5) is 4.80. The number of nitrogens with zero attached hydrogens (tertiary/aromatic N) is 2. The van der Waals surface area contributed by atoms with Crippen LogP contribution in [0.5, 0.6) is 0 Å². The van der Waals surface area contributed by atoms with Gasteiger partial charge < -0.3 is 4.57 Å². The number of hydrogen-bond acceptors (Lipinski definition) is 2. The molecule has 1 aliphatic rings. The van der Waals surface area contributed by atoms with Gasteiger partial charge in [0.2, 0.25) is 0 Å². The molecule has 0 bridgehead atoms. The van der Waals surface area contributed by atoms with Crippen molar-refractivity contribution in [2.45, 2.75) is 52.0 Å². The summed E-state index contributed by atoms with van der Waals surface area (Å²) >= 11 is 5.58. The molecule has 1 heterocycles. The largest absolute Gasteiger partial charge is 0.326 e. The Balaban J connectivity index is 2.28. The second kappa shape index (κ2) is 6.10. The summed E-state index contributed by atoms with van der Waals surface area (Å²) in [5.41, 5.74) is 3.91. The normalized spacial score (nSPS) is 15.5. The van der Waals surface area contributed by atoms with Gasteiger partial charge in [-0.3, -0.25) is 0 Å². The van der Waals surface area contributed by atoms with Gasteiger partial charge in [0.25, 0.3) is 0 Å². The first-order chi connectivity index (χ1) is 10.2. The molecule has 3 heteroatoms. The molecule has 0 spiro atoms. The molecular weight excluding hydrogens is 276 g/mol. The summed E-state index contributed by atoms with van der Waals surface area (Å²) in [7, 11) is 0. The molecule has 0 aliphatic heterocycles. The molecule has 1 aliphatic carbocycles. The van der Waals surface area contributed by atoms with Crippen LogP contribution in [-0.4, -0.2) is 9.55 Å². The molecule has 3 rings (SSSR count). The molecule has 0 saturated heterocycles. The molecule has 0 amide bonds. The lowest BCUT2D eigenvalue weighted by molar-refractivity contribution is 0.484. The van der Waals surface area contributed by atoms with Crippen molar-refractivity contribution >= 4 is 12.2 Å². The van der Waals surface area contributed by atoms with E-state index in [4.69, 9.17) is 17.2 Å². The minimum absolute atomic E-state index is 0.454. The monoisotopic (exact) mass is 298 g/mol. The van der Waals surface area contributed by atoms with Crippen molar-refractivity contribution in [2.75, 3.05) is 0 Å². The van der Waals surface area contributed by atoms with Gasteiger partial charge in [0.1, 0.15) is 10.5 Å². The predicted octanol–water partition coefficient (Wildman–Crippen LogP) is 5.13. The van der Waals surface area contributed by atoms with Gasteiger partial charge in [-0.1, -0.05) is 49.5 Å². The van der Waals surface area contributed by atoms with Crippen molar-refractivity contribution in [1.29, 1.82) is 0 Å². The minimum Gasteiger partial charge on any atom is -0.326 e. The molecule has 0 N–H and O–H groups in total. The van der Waals surface area contributed by atoms with E-state index in [0.717, 1.165) is 35.3 Å². The number of rotatable bonds is 3. The Morgan fingerprint density at radius 1 is 1.19 bits per heavy atom. The Labute approximate surface area is 131 Å². The maximum absolute atomic E-state index is 5.58. The molecular formula is C18H22N2S. The van der Waals surface area contributed by atoms with Crippen LogP contribution < -0.4 is 0 Å². The van der Waals surface area contributed by atoms with E-state index in [1.54, 1.807) is 0 Å². The number of hydrogen-bond donors (Lipinski definition) is 0. The van der Waals surface area contributed by atoms with Crippen LogP contribution in [0.4, 0.5) is 0 Å². The molecule has 0 fully saturated rings. The summed E-state index contributed by atoms with van der Waals surface area (Å²) in [6.07, 6.45) is 5.83. The van der Waals surface area contributed by atoms with Crippen molar-refractivity contribution in [3.63, 3.8) is 0 Å². The third-order valence-corrected chi connectivity index (χ3v) is 4.82. The van der Waals surface area contributed by atoms with E-state index < -0.39 is 0 Å². The minimum atomic E-state index is 0.454. The lowest BCUT2D eigenvalue weighted by Crippen LogP contribution is -2.20. The number of fused-ring (bicyclic) bond motifs is 1. The lowest BCUT2D eigenvalue weighted by Gasteiger charge is -2.28. The standard InChI is InChI=1S/C18H22N2S/c1-3-13(2)20-16-12-8-7-11-15(16)18(21)19-17(20)14-9-5-4-6-10-14/h4-6,9-10,13H,3,7-8,11-12H2,1-2H3/t13-/m1/s1. The average molecular weight is 298 g/mol. The fourth-order valence-corrected chi connectivity index (χ4v) is 3.49. The number of aromatic nitrogens is 2. The molecule has 0 saturated carbocycles. The van der Waals surface area contributed by atoms with E-state index >= 15 is 0 Å². The van der Waals surface area contributed by atoms with Crippen molar-refractivity contribution in [1.82, 2.24) is 9.55 Å². The van der Waals surface area contributed by atoms with Crippen LogP contribution in [0.2, 0.25) is 0 Å². The molecule has 0 radical (unpaired) electrons. The Bertz CT molecular complexity index is 688. The molecule has 1 aromatic carbocycles. The predicted molar refractivity (Wildman–Crippen MR) is 90.1 cm³/mol. The highest BCUT2D eigenvalue weighted by atomic mass is 32.1. The maximum atomic E-state index is 5.58. The first-order valence-corrected chi connectivity index (χ1v) is 8.33. The zero-order valence-corrected chi connectivity index (χ0v) is 13.6. The molecule has 2 nitrogen and oxygen atoms in total. The van der Waals surface area contributed by atoms with Crippen LogP contribution in [-0.2, 0) is 12.8 Å².